The average Bonchev–Trinajstić information content (AvgIpc) is 2.74. The number of ether oxygens (including phenoxy) is 1. The number of benzene rings is 2. The highest BCUT2D eigenvalue weighted by Gasteiger charge is 2.36. The molecule has 2 aromatic rings. The molecule has 0 bridgehead atoms. The first-order chi connectivity index (χ1) is 15.1. The molecule has 5 heteroatoms. The molecule has 0 atom stereocenters. The zero-order valence-electron chi connectivity index (χ0n) is 20.9. The van der Waals surface area contributed by atoms with Crippen molar-refractivity contribution in [2.75, 3.05) is 25.1 Å². The number of hydrogen-bond donors (Lipinski definition) is 0. The van der Waals surface area contributed by atoms with Crippen molar-refractivity contribution in [1.29, 1.82) is 0 Å². The van der Waals surface area contributed by atoms with Crippen molar-refractivity contribution in [2.45, 2.75) is 77.6 Å². The van der Waals surface area contributed by atoms with E-state index in [0.29, 0.717) is 11.6 Å². The Morgan fingerprint density at radius 1 is 0.906 bits per heavy atom. The second-order valence-corrected chi connectivity index (χ2v) is 15.9. The monoisotopic (exact) mass is 519 g/mol. The highest BCUT2D eigenvalue weighted by Crippen LogP contribution is 2.36. The average molecular weight is 521 g/mol. The first kappa shape index (κ1) is 26.9. The van der Waals surface area contributed by atoms with Crippen LogP contribution in [0.4, 0.5) is 5.69 Å². The fourth-order valence-electron chi connectivity index (χ4n) is 3.23. The van der Waals surface area contributed by atoms with Gasteiger partial charge in [-0.1, -0.05) is 70.4 Å². The van der Waals surface area contributed by atoms with E-state index in [1.165, 1.54) is 43.4 Å². The molecule has 0 saturated heterocycles. The lowest BCUT2D eigenvalue weighted by Crippen LogP contribution is -2.40. The van der Waals surface area contributed by atoms with Crippen molar-refractivity contribution >= 4 is 29.9 Å². The number of rotatable bonds is 13. The molecule has 32 heavy (non-hydrogen) atoms. The van der Waals surface area contributed by atoms with Crippen molar-refractivity contribution in [1.82, 2.24) is 0 Å². The van der Waals surface area contributed by atoms with Gasteiger partial charge in [-0.3, -0.25) is 0 Å². The molecule has 2 rings (SSSR count). The molecule has 0 spiro atoms. The van der Waals surface area contributed by atoms with E-state index in [9.17, 15) is 0 Å². The second kappa shape index (κ2) is 12.8. The molecular weight excluding hydrogens is 478 g/mol. The van der Waals surface area contributed by atoms with Crippen LogP contribution >= 0.6 is 15.9 Å². The Bertz CT molecular complexity index is 805. The quantitative estimate of drug-likeness (QED) is 0.195. The predicted molar refractivity (Wildman–Crippen MR) is 144 cm³/mol. The SMILES string of the molecule is CN(CCCCCCCO[Si](C)(C)C(C)(C)C)c1ccc(Br)c(OCc2ccccc2)c1. The van der Waals surface area contributed by atoms with Gasteiger partial charge in [0, 0.05) is 32.0 Å². The third-order valence-electron chi connectivity index (χ3n) is 6.50. The fourth-order valence-corrected chi connectivity index (χ4v) is 4.68. The molecule has 0 saturated carbocycles. The third-order valence-corrected chi connectivity index (χ3v) is 11.7. The predicted octanol–water partition coefficient (Wildman–Crippen LogP) is 8.44. The van der Waals surface area contributed by atoms with Crippen molar-refractivity contribution < 1.29 is 9.16 Å². The maximum absolute atomic E-state index is 6.28. The van der Waals surface area contributed by atoms with Crippen LogP contribution in [0, 0.1) is 0 Å². The van der Waals surface area contributed by atoms with Crippen LogP contribution in [0.2, 0.25) is 18.1 Å². The Hall–Kier alpha value is -1.30. The van der Waals surface area contributed by atoms with E-state index in [2.05, 4.69) is 92.1 Å². The fraction of sp³-hybridized carbons (Fsp3) is 0.556. The second-order valence-electron chi connectivity index (χ2n) is 10.2. The smallest absolute Gasteiger partial charge is 0.191 e. The van der Waals surface area contributed by atoms with Gasteiger partial charge in [0.15, 0.2) is 8.32 Å². The van der Waals surface area contributed by atoms with E-state index in [0.717, 1.165) is 23.4 Å². The molecule has 178 valence electrons. The van der Waals surface area contributed by atoms with E-state index < -0.39 is 8.32 Å². The molecule has 0 radical (unpaired) electrons. The van der Waals surface area contributed by atoms with E-state index >= 15 is 0 Å². The highest BCUT2D eigenvalue weighted by atomic mass is 79.9. The normalized spacial score (nSPS) is 12.1. The highest BCUT2D eigenvalue weighted by molar-refractivity contribution is 9.10. The van der Waals surface area contributed by atoms with Crippen molar-refractivity contribution in [2.24, 2.45) is 0 Å². The summed E-state index contributed by atoms with van der Waals surface area (Å²) in [5, 5.41) is 0.303. The lowest BCUT2D eigenvalue weighted by molar-refractivity contribution is 0.277. The van der Waals surface area contributed by atoms with Crippen LogP contribution in [0.15, 0.2) is 53.0 Å². The minimum atomic E-state index is -1.59. The molecular formula is C27H42BrNO2Si. The Morgan fingerprint density at radius 3 is 2.25 bits per heavy atom. The van der Waals surface area contributed by atoms with Crippen LogP contribution in [-0.4, -0.2) is 28.5 Å². The van der Waals surface area contributed by atoms with Crippen molar-refractivity contribution in [3.8, 4) is 5.75 Å². The Labute approximate surface area is 205 Å². The van der Waals surface area contributed by atoms with Gasteiger partial charge < -0.3 is 14.1 Å². The van der Waals surface area contributed by atoms with Crippen LogP contribution in [0.3, 0.4) is 0 Å². The van der Waals surface area contributed by atoms with Crippen molar-refractivity contribution in [3.63, 3.8) is 0 Å². The molecule has 0 aliphatic rings. The summed E-state index contributed by atoms with van der Waals surface area (Å²) in [5.41, 5.74) is 2.37. The van der Waals surface area contributed by atoms with Gasteiger partial charge in [-0.05, 0) is 64.6 Å². The lowest BCUT2D eigenvalue weighted by atomic mass is 10.1. The molecule has 0 heterocycles. The zero-order chi connectivity index (χ0) is 23.6. The van der Waals surface area contributed by atoms with Gasteiger partial charge in [0.25, 0.3) is 0 Å². The molecule has 0 fully saturated rings. The Balaban J connectivity index is 1.67. The third kappa shape index (κ3) is 8.91. The molecule has 2 aromatic carbocycles. The molecule has 0 N–H and O–H groups in total. The van der Waals surface area contributed by atoms with Crippen LogP contribution in [0.5, 0.6) is 5.75 Å². The Kier molecular flexibility index (Phi) is 10.8. The van der Waals surface area contributed by atoms with Gasteiger partial charge in [0.05, 0.1) is 4.47 Å². The standard InChI is InChI=1S/C27H42BrNO2Si/c1-27(2,3)32(5,6)31-20-14-9-7-8-13-19-29(4)24-17-18-25(28)26(21-24)30-22-23-15-11-10-12-16-23/h10-12,15-18,21H,7-9,13-14,19-20,22H2,1-6H3. The van der Waals surface area contributed by atoms with Crippen LogP contribution < -0.4 is 9.64 Å². The van der Waals surface area contributed by atoms with Gasteiger partial charge >= 0.3 is 0 Å². The minimum Gasteiger partial charge on any atom is -0.488 e. The summed E-state index contributed by atoms with van der Waals surface area (Å²) in [5.74, 6) is 0.889. The molecule has 0 aliphatic heterocycles. The van der Waals surface area contributed by atoms with Gasteiger partial charge in [0.2, 0.25) is 0 Å². The zero-order valence-corrected chi connectivity index (χ0v) is 23.5. The summed E-state index contributed by atoms with van der Waals surface area (Å²) in [7, 11) is 0.577. The van der Waals surface area contributed by atoms with Crippen LogP contribution in [-0.2, 0) is 11.0 Å². The van der Waals surface area contributed by atoms with E-state index in [-0.39, 0.29) is 0 Å². The lowest BCUT2D eigenvalue weighted by Gasteiger charge is -2.36. The van der Waals surface area contributed by atoms with E-state index in [4.69, 9.17) is 9.16 Å². The summed E-state index contributed by atoms with van der Waals surface area (Å²) in [6, 6.07) is 16.6. The van der Waals surface area contributed by atoms with E-state index in [1.807, 2.05) is 18.2 Å². The summed E-state index contributed by atoms with van der Waals surface area (Å²) in [6.45, 7) is 14.1. The molecule has 3 nitrogen and oxygen atoms in total. The minimum absolute atomic E-state index is 0.303. The van der Waals surface area contributed by atoms with Gasteiger partial charge in [-0.15, -0.1) is 0 Å². The Morgan fingerprint density at radius 2 is 1.56 bits per heavy atom. The maximum atomic E-state index is 6.28. The van der Waals surface area contributed by atoms with Crippen molar-refractivity contribution in [3.05, 3.63) is 58.6 Å². The first-order valence-electron chi connectivity index (χ1n) is 11.9. The first-order valence-corrected chi connectivity index (χ1v) is 15.6. The summed E-state index contributed by atoms with van der Waals surface area (Å²) < 4.78 is 13.3. The summed E-state index contributed by atoms with van der Waals surface area (Å²) in [6.07, 6.45) is 6.18. The topological polar surface area (TPSA) is 21.7 Å². The van der Waals surface area contributed by atoms with Gasteiger partial charge in [-0.2, -0.15) is 0 Å². The summed E-state index contributed by atoms with van der Waals surface area (Å²) >= 11 is 3.62. The number of hydrogen-bond acceptors (Lipinski definition) is 3. The molecule has 0 aliphatic carbocycles. The number of anilines is 1. The molecule has 0 aromatic heterocycles. The number of halogens is 1. The number of nitrogens with zero attached hydrogens (tertiary/aromatic N) is 1. The van der Waals surface area contributed by atoms with Crippen LogP contribution in [0.1, 0.15) is 58.4 Å². The number of unbranched alkanes of at least 4 members (excludes halogenated alkanes) is 4. The van der Waals surface area contributed by atoms with Gasteiger partial charge in [0.1, 0.15) is 12.4 Å². The molecule has 0 unspecified atom stereocenters. The summed E-state index contributed by atoms with van der Waals surface area (Å²) in [4.78, 5) is 2.32. The molecule has 0 amide bonds. The maximum Gasteiger partial charge on any atom is 0.191 e. The largest absolute Gasteiger partial charge is 0.488 e. The van der Waals surface area contributed by atoms with Crippen LogP contribution in [0.25, 0.3) is 0 Å². The van der Waals surface area contributed by atoms with E-state index in [1.54, 1.807) is 0 Å². The van der Waals surface area contributed by atoms with Gasteiger partial charge in [-0.25, -0.2) is 0 Å².